The Morgan fingerprint density at radius 1 is 1.23 bits per heavy atom. The van der Waals surface area contributed by atoms with E-state index in [9.17, 15) is 4.79 Å². The summed E-state index contributed by atoms with van der Waals surface area (Å²) in [5, 5.41) is 3.08. The van der Waals surface area contributed by atoms with Crippen LogP contribution in [0.5, 0.6) is 5.75 Å². The molecule has 1 aliphatic rings. The van der Waals surface area contributed by atoms with Gasteiger partial charge in [-0.1, -0.05) is 12.1 Å². The average Bonchev–Trinajstić information content (AvgIpc) is 3.28. The summed E-state index contributed by atoms with van der Waals surface area (Å²) in [4.78, 5) is 29.8. The van der Waals surface area contributed by atoms with E-state index in [2.05, 4.69) is 30.2 Å². The number of carbonyl (C=O) groups excluding carboxylic acids is 1. The third-order valence-electron chi connectivity index (χ3n) is 4.75. The summed E-state index contributed by atoms with van der Waals surface area (Å²) in [6.07, 6.45) is 3.14. The van der Waals surface area contributed by atoms with Crippen molar-refractivity contribution in [3.8, 4) is 5.75 Å². The number of hydrogen-bond acceptors (Lipinski definition) is 6. The lowest BCUT2D eigenvalue weighted by Crippen LogP contribution is -2.38. The number of imidazole rings is 1. The van der Waals surface area contributed by atoms with E-state index in [4.69, 9.17) is 4.74 Å². The molecule has 0 radical (unpaired) electrons. The minimum atomic E-state index is -0.0373. The lowest BCUT2D eigenvalue weighted by Gasteiger charge is -2.19. The lowest BCUT2D eigenvalue weighted by molar-refractivity contribution is -0.119. The van der Waals surface area contributed by atoms with Crippen molar-refractivity contribution in [2.24, 2.45) is 0 Å². The first-order valence-electron chi connectivity index (χ1n) is 8.46. The number of fused-ring (bicyclic) bond motifs is 1. The predicted octanol–water partition coefficient (Wildman–Crippen LogP) is 1.47. The number of nitrogens with one attached hydrogen (secondary N) is 2. The van der Waals surface area contributed by atoms with E-state index in [0.717, 1.165) is 29.2 Å². The molecule has 0 aliphatic carbocycles. The van der Waals surface area contributed by atoms with Gasteiger partial charge in [0.1, 0.15) is 17.6 Å². The number of anilines is 1. The van der Waals surface area contributed by atoms with E-state index in [1.165, 1.54) is 6.33 Å². The van der Waals surface area contributed by atoms with Gasteiger partial charge in [0.05, 0.1) is 19.5 Å². The Morgan fingerprint density at radius 2 is 2.04 bits per heavy atom. The number of ether oxygens (including phenoxy) is 1. The molecule has 0 saturated carbocycles. The molecule has 0 unspecified atom stereocenters. The summed E-state index contributed by atoms with van der Waals surface area (Å²) >= 11 is 0. The van der Waals surface area contributed by atoms with Gasteiger partial charge in [0.25, 0.3) is 0 Å². The van der Waals surface area contributed by atoms with E-state index < -0.39 is 0 Å². The quantitative estimate of drug-likeness (QED) is 0.738. The molecule has 3 heterocycles. The number of carbonyl (C=O) groups is 1. The fraction of sp³-hybridized carbons (Fsp3) is 0.333. The molecule has 0 bridgehead atoms. The number of hydrogen-bond donors (Lipinski definition) is 2. The van der Waals surface area contributed by atoms with Crippen LogP contribution in [0.1, 0.15) is 18.4 Å². The van der Waals surface area contributed by atoms with Crippen molar-refractivity contribution in [1.29, 1.82) is 0 Å². The third-order valence-corrected chi connectivity index (χ3v) is 4.75. The maximum atomic E-state index is 11.7. The first-order chi connectivity index (χ1) is 12.7. The highest BCUT2D eigenvalue weighted by molar-refractivity contribution is 5.83. The monoisotopic (exact) mass is 352 g/mol. The fourth-order valence-corrected chi connectivity index (χ4v) is 3.57. The van der Waals surface area contributed by atoms with Gasteiger partial charge in [-0.25, -0.2) is 15.0 Å². The molecule has 8 nitrogen and oxygen atoms in total. The van der Waals surface area contributed by atoms with Gasteiger partial charge in [-0.2, -0.15) is 0 Å². The summed E-state index contributed by atoms with van der Waals surface area (Å²) < 4.78 is 5.24. The number of benzene rings is 1. The van der Waals surface area contributed by atoms with Crippen LogP contribution in [0, 0.1) is 0 Å². The lowest BCUT2D eigenvalue weighted by atomic mass is 9.94. The predicted molar refractivity (Wildman–Crippen MR) is 97.2 cm³/mol. The molecule has 1 saturated heterocycles. The van der Waals surface area contributed by atoms with Crippen LogP contribution in [-0.2, 0) is 4.79 Å². The average molecular weight is 352 g/mol. The van der Waals surface area contributed by atoms with Crippen molar-refractivity contribution < 1.29 is 9.53 Å². The van der Waals surface area contributed by atoms with Crippen LogP contribution in [-0.4, -0.2) is 52.1 Å². The Balaban J connectivity index is 1.66. The minimum absolute atomic E-state index is 0.00571. The number of aromatic nitrogens is 4. The van der Waals surface area contributed by atoms with Crippen molar-refractivity contribution in [3.63, 3.8) is 0 Å². The van der Waals surface area contributed by atoms with Crippen molar-refractivity contribution in [2.75, 3.05) is 25.1 Å². The van der Waals surface area contributed by atoms with E-state index in [1.54, 1.807) is 20.4 Å². The van der Waals surface area contributed by atoms with Crippen LogP contribution < -0.4 is 15.0 Å². The maximum Gasteiger partial charge on any atom is 0.217 e. The van der Waals surface area contributed by atoms with Crippen LogP contribution in [0.15, 0.2) is 36.9 Å². The molecular formula is C18H20N6O2. The molecule has 8 heteroatoms. The summed E-state index contributed by atoms with van der Waals surface area (Å²) in [6.45, 7) is 2.95. The number of rotatable bonds is 4. The summed E-state index contributed by atoms with van der Waals surface area (Å²) in [5.74, 6) is 1.73. The number of methoxy groups -OCH3 is 1. The Kier molecular flexibility index (Phi) is 4.16. The van der Waals surface area contributed by atoms with Crippen LogP contribution >= 0.6 is 0 Å². The summed E-state index contributed by atoms with van der Waals surface area (Å²) in [6, 6.07) is 7.98. The number of aromatic amines is 1. The van der Waals surface area contributed by atoms with Gasteiger partial charge in [0.2, 0.25) is 5.91 Å². The van der Waals surface area contributed by atoms with Crippen LogP contribution in [0.2, 0.25) is 0 Å². The largest absolute Gasteiger partial charge is 0.497 e. The second-order valence-electron chi connectivity index (χ2n) is 6.39. The molecule has 134 valence electrons. The molecule has 2 atom stereocenters. The van der Waals surface area contributed by atoms with E-state index in [0.29, 0.717) is 12.2 Å². The van der Waals surface area contributed by atoms with Gasteiger partial charge < -0.3 is 19.9 Å². The third kappa shape index (κ3) is 2.94. The fourth-order valence-electron chi connectivity index (χ4n) is 3.57. The van der Waals surface area contributed by atoms with E-state index in [1.807, 2.05) is 24.3 Å². The second-order valence-corrected chi connectivity index (χ2v) is 6.39. The zero-order chi connectivity index (χ0) is 18.1. The molecular weight excluding hydrogens is 332 g/mol. The Labute approximate surface area is 150 Å². The Morgan fingerprint density at radius 3 is 2.77 bits per heavy atom. The molecule has 26 heavy (non-hydrogen) atoms. The van der Waals surface area contributed by atoms with Gasteiger partial charge in [-0.15, -0.1) is 0 Å². The molecule has 1 amide bonds. The summed E-state index contributed by atoms with van der Waals surface area (Å²) in [7, 11) is 1.65. The van der Waals surface area contributed by atoms with Crippen LogP contribution in [0.25, 0.3) is 11.2 Å². The van der Waals surface area contributed by atoms with Crippen molar-refractivity contribution >= 4 is 22.9 Å². The number of H-pyrrole nitrogens is 1. The highest BCUT2D eigenvalue weighted by Gasteiger charge is 2.36. The van der Waals surface area contributed by atoms with Crippen molar-refractivity contribution in [2.45, 2.75) is 18.9 Å². The van der Waals surface area contributed by atoms with E-state index >= 15 is 0 Å². The molecule has 1 aliphatic heterocycles. The molecule has 1 aromatic carbocycles. The normalized spacial score (nSPS) is 19.7. The van der Waals surface area contributed by atoms with Crippen LogP contribution in [0.4, 0.5) is 5.82 Å². The molecule has 2 N–H and O–H groups in total. The minimum Gasteiger partial charge on any atom is -0.497 e. The zero-order valence-corrected chi connectivity index (χ0v) is 14.6. The first kappa shape index (κ1) is 16.3. The molecule has 0 spiro atoms. The van der Waals surface area contributed by atoms with Crippen LogP contribution in [0.3, 0.4) is 0 Å². The van der Waals surface area contributed by atoms with Gasteiger partial charge in [0, 0.05) is 25.9 Å². The molecule has 2 aromatic heterocycles. The highest BCUT2D eigenvalue weighted by atomic mass is 16.5. The van der Waals surface area contributed by atoms with Crippen molar-refractivity contribution in [1.82, 2.24) is 25.3 Å². The molecule has 1 fully saturated rings. The van der Waals surface area contributed by atoms with Gasteiger partial charge in [-0.3, -0.25) is 4.79 Å². The standard InChI is InChI=1S/C18H20N6O2/c1-11(25)23-15-8-24(18-16-17(20-9-19-16)21-10-22-18)7-14(15)12-3-5-13(26-2)6-4-12/h3-6,9-10,14-15H,7-8H2,1-2H3,(H,23,25)(H,19,20,21,22)/t14-,15+/m0/s1. The van der Waals surface area contributed by atoms with E-state index in [-0.39, 0.29) is 17.9 Å². The maximum absolute atomic E-state index is 11.7. The van der Waals surface area contributed by atoms with Crippen molar-refractivity contribution in [3.05, 3.63) is 42.5 Å². The highest BCUT2D eigenvalue weighted by Crippen LogP contribution is 2.33. The summed E-state index contributed by atoms with van der Waals surface area (Å²) in [5.41, 5.74) is 2.60. The Hall–Kier alpha value is -3.16. The topological polar surface area (TPSA) is 96.0 Å². The first-order valence-corrected chi connectivity index (χ1v) is 8.46. The number of nitrogens with zero attached hydrogens (tertiary/aromatic N) is 4. The number of amides is 1. The second kappa shape index (κ2) is 6.62. The zero-order valence-electron chi connectivity index (χ0n) is 14.6. The molecule has 4 rings (SSSR count). The smallest absolute Gasteiger partial charge is 0.217 e. The van der Waals surface area contributed by atoms with Gasteiger partial charge >= 0.3 is 0 Å². The van der Waals surface area contributed by atoms with Gasteiger partial charge in [-0.05, 0) is 17.7 Å². The molecule has 3 aromatic rings. The van der Waals surface area contributed by atoms with Gasteiger partial charge in [0.15, 0.2) is 11.5 Å². The SMILES string of the molecule is COc1ccc([C@@H]2CN(c3ncnc4nc[nH]c34)C[C@H]2NC(C)=O)cc1. The Bertz CT molecular complexity index is 923.